The summed E-state index contributed by atoms with van der Waals surface area (Å²) in [5.41, 5.74) is 2.31. The Labute approximate surface area is 155 Å². The summed E-state index contributed by atoms with van der Waals surface area (Å²) in [7, 11) is -2.30. The first-order valence-corrected chi connectivity index (χ1v) is 9.99. The van der Waals surface area contributed by atoms with Crippen molar-refractivity contribution in [3.63, 3.8) is 0 Å². The van der Waals surface area contributed by atoms with Crippen molar-refractivity contribution in [3.05, 3.63) is 59.1 Å². The van der Waals surface area contributed by atoms with Crippen LogP contribution in [-0.2, 0) is 10.0 Å². The molecule has 2 heterocycles. The summed E-state index contributed by atoms with van der Waals surface area (Å²) in [4.78, 5) is 21.2. The Morgan fingerprint density at radius 3 is 2.65 bits per heavy atom. The molecule has 0 atom stereocenters. The van der Waals surface area contributed by atoms with Crippen molar-refractivity contribution in [2.24, 2.45) is 0 Å². The van der Waals surface area contributed by atoms with E-state index in [0.29, 0.717) is 22.1 Å². The lowest BCUT2D eigenvalue weighted by atomic mass is 10.1. The molecule has 26 heavy (non-hydrogen) atoms. The zero-order valence-electron chi connectivity index (χ0n) is 14.1. The van der Waals surface area contributed by atoms with E-state index in [9.17, 15) is 13.2 Å². The average molecular weight is 388 g/mol. The average Bonchev–Trinajstić information content (AvgIpc) is 3.11. The Morgan fingerprint density at radius 1 is 1.15 bits per heavy atom. The van der Waals surface area contributed by atoms with E-state index in [-0.39, 0.29) is 10.5 Å². The molecule has 0 saturated carbocycles. The number of thiazole rings is 1. The first-order chi connectivity index (χ1) is 12.4. The monoisotopic (exact) mass is 388 g/mol. The second kappa shape index (κ2) is 7.32. The Bertz CT molecular complexity index is 1050. The molecule has 0 saturated heterocycles. The molecule has 134 valence electrons. The van der Waals surface area contributed by atoms with Gasteiger partial charge in [0.25, 0.3) is 5.91 Å². The van der Waals surface area contributed by atoms with Crippen LogP contribution in [0.25, 0.3) is 11.4 Å². The molecule has 0 radical (unpaired) electrons. The Hall–Kier alpha value is -2.62. The summed E-state index contributed by atoms with van der Waals surface area (Å²) in [5.74, 6) is -0.419. The van der Waals surface area contributed by atoms with Gasteiger partial charge in [-0.15, -0.1) is 11.3 Å². The number of carbonyl (C=O) groups is 1. The van der Waals surface area contributed by atoms with Crippen LogP contribution < -0.4 is 10.0 Å². The molecule has 0 unspecified atom stereocenters. The lowest BCUT2D eigenvalue weighted by molar-refractivity contribution is 0.102. The van der Waals surface area contributed by atoms with E-state index in [1.165, 1.54) is 30.5 Å². The number of hydrogen-bond acceptors (Lipinski definition) is 6. The highest BCUT2D eigenvalue weighted by molar-refractivity contribution is 7.89. The normalized spacial score (nSPS) is 11.3. The van der Waals surface area contributed by atoms with Crippen molar-refractivity contribution in [1.29, 1.82) is 0 Å². The number of anilines is 1. The molecule has 0 fully saturated rings. The number of amides is 1. The van der Waals surface area contributed by atoms with Crippen LogP contribution in [0.15, 0.2) is 52.9 Å². The van der Waals surface area contributed by atoms with Gasteiger partial charge in [-0.2, -0.15) is 0 Å². The molecule has 1 amide bonds. The largest absolute Gasteiger partial charge is 0.298 e. The van der Waals surface area contributed by atoms with Crippen molar-refractivity contribution in [3.8, 4) is 11.4 Å². The van der Waals surface area contributed by atoms with E-state index in [0.717, 1.165) is 0 Å². The molecular weight excluding hydrogens is 372 g/mol. The fraction of sp³-hybridized carbons (Fsp3) is 0.118. The van der Waals surface area contributed by atoms with Gasteiger partial charge < -0.3 is 0 Å². The summed E-state index contributed by atoms with van der Waals surface area (Å²) in [5, 5.41) is 4.92. The fourth-order valence-corrected chi connectivity index (χ4v) is 3.71. The molecule has 2 N–H and O–H groups in total. The van der Waals surface area contributed by atoms with Gasteiger partial charge in [0.15, 0.2) is 5.13 Å². The van der Waals surface area contributed by atoms with E-state index in [4.69, 9.17) is 0 Å². The van der Waals surface area contributed by atoms with Gasteiger partial charge in [-0.25, -0.2) is 18.1 Å². The minimum absolute atomic E-state index is 0.0315. The molecule has 1 aromatic carbocycles. The summed E-state index contributed by atoms with van der Waals surface area (Å²) < 4.78 is 26.1. The Balaban J connectivity index is 1.85. The lowest BCUT2D eigenvalue weighted by Gasteiger charge is -2.08. The van der Waals surface area contributed by atoms with Gasteiger partial charge in [-0.05, 0) is 43.8 Å². The third-order valence-corrected chi connectivity index (χ3v) is 5.85. The maximum Gasteiger partial charge on any atom is 0.257 e. The number of pyridine rings is 1. The van der Waals surface area contributed by atoms with Crippen LogP contribution in [0.3, 0.4) is 0 Å². The number of rotatable bonds is 5. The third kappa shape index (κ3) is 3.79. The summed E-state index contributed by atoms with van der Waals surface area (Å²) >= 11 is 1.27. The van der Waals surface area contributed by atoms with Crippen molar-refractivity contribution >= 4 is 32.4 Å². The molecular formula is C17H16N4O3S2. The molecule has 9 heteroatoms. The number of carbonyl (C=O) groups excluding carboxylic acids is 1. The van der Waals surface area contributed by atoms with E-state index in [1.807, 2.05) is 18.2 Å². The topological polar surface area (TPSA) is 101 Å². The number of aromatic nitrogens is 2. The van der Waals surface area contributed by atoms with Crippen LogP contribution in [0.2, 0.25) is 0 Å². The second-order valence-corrected chi connectivity index (χ2v) is 8.14. The van der Waals surface area contributed by atoms with Crippen LogP contribution in [-0.4, -0.2) is 31.3 Å². The van der Waals surface area contributed by atoms with E-state index in [2.05, 4.69) is 20.0 Å². The predicted molar refractivity (Wildman–Crippen MR) is 101 cm³/mol. The first kappa shape index (κ1) is 18.2. The van der Waals surface area contributed by atoms with Gasteiger partial charge in [0.1, 0.15) is 5.69 Å². The number of nitrogens with zero attached hydrogens (tertiary/aromatic N) is 2. The predicted octanol–water partition coefficient (Wildman–Crippen LogP) is 2.67. The van der Waals surface area contributed by atoms with Crippen LogP contribution >= 0.6 is 11.3 Å². The highest BCUT2D eigenvalue weighted by atomic mass is 32.2. The Kier molecular flexibility index (Phi) is 5.12. The highest BCUT2D eigenvalue weighted by Crippen LogP contribution is 2.24. The molecule has 2 aromatic heterocycles. The maximum absolute atomic E-state index is 12.6. The van der Waals surface area contributed by atoms with E-state index >= 15 is 0 Å². The SMILES string of the molecule is CNS(=O)(=O)c1ccc(C)c(C(=O)Nc2nc(-c3ccccn3)cs2)c1. The summed E-state index contributed by atoms with van der Waals surface area (Å²) in [6.07, 6.45) is 1.67. The number of sulfonamides is 1. The number of nitrogens with one attached hydrogen (secondary N) is 2. The Morgan fingerprint density at radius 2 is 1.96 bits per heavy atom. The lowest BCUT2D eigenvalue weighted by Crippen LogP contribution is -2.20. The van der Waals surface area contributed by atoms with Crippen molar-refractivity contribution in [1.82, 2.24) is 14.7 Å². The van der Waals surface area contributed by atoms with Gasteiger partial charge >= 0.3 is 0 Å². The van der Waals surface area contributed by atoms with E-state index < -0.39 is 15.9 Å². The van der Waals surface area contributed by atoms with Crippen molar-refractivity contribution in [2.45, 2.75) is 11.8 Å². The third-order valence-electron chi connectivity index (χ3n) is 3.68. The van der Waals surface area contributed by atoms with E-state index in [1.54, 1.807) is 24.6 Å². The second-order valence-electron chi connectivity index (χ2n) is 5.39. The quantitative estimate of drug-likeness (QED) is 0.700. The molecule has 0 aliphatic carbocycles. The van der Waals surface area contributed by atoms with Gasteiger partial charge in [0, 0.05) is 17.1 Å². The molecule has 3 aromatic rings. The highest BCUT2D eigenvalue weighted by Gasteiger charge is 2.17. The van der Waals surface area contributed by atoms with Crippen LogP contribution in [0, 0.1) is 6.92 Å². The minimum atomic E-state index is -3.63. The smallest absolute Gasteiger partial charge is 0.257 e. The molecule has 0 aliphatic rings. The number of hydrogen-bond donors (Lipinski definition) is 2. The van der Waals surface area contributed by atoms with Crippen LogP contribution in [0.5, 0.6) is 0 Å². The molecule has 3 rings (SSSR count). The van der Waals surface area contributed by atoms with Gasteiger partial charge in [-0.3, -0.25) is 15.1 Å². The zero-order chi connectivity index (χ0) is 18.7. The van der Waals surface area contributed by atoms with Crippen LogP contribution in [0.1, 0.15) is 15.9 Å². The van der Waals surface area contributed by atoms with Crippen molar-refractivity contribution < 1.29 is 13.2 Å². The minimum Gasteiger partial charge on any atom is -0.298 e. The fourth-order valence-electron chi connectivity index (χ4n) is 2.26. The molecule has 7 nitrogen and oxygen atoms in total. The molecule has 0 spiro atoms. The van der Waals surface area contributed by atoms with Crippen LogP contribution in [0.4, 0.5) is 5.13 Å². The molecule has 0 aliphatic heterocycles. The maximum atomic E-state index is 12.6. The molecule has 0 bridgehead atoms. The van der Waals surface area contributed by atoms with Gasteiger partial charge in [0.05, 0.1) is 10.6 Å². The van der Waals surface area contributed by atoms with Crippen molar-refractivity contribution in [2.75, 3.05) is 12.4 Å². The standard InChI is InChI=1S/C17H16N4O3S2/c1-11-6-7-12(26(23,24)18-2)9-13(11)16(22)21-17-20-15(10-25-17)14-5-3-4-8-19-14/h3-10,18H,1-2H3,(H,20,21,22). The number of benzene rings is 1. The number of aryl methyl sites for hydroxylation is 1. The first-order valence-electron chi connectivity index (χ1n) is 7.63. The van der Waals surface area contributed by atoms with Gasteiger partial charge in [0.2, 0.25) is 10.0 Å². The zero-order valence-corrected chi connectivity index (χ0v) is 15.7. The van der Waals surface area contributed by atoms with Gasteiger partial charge in [-0.1, -0.05) is 12.1 Å². The summed E-state index contributed by atoms with van der Waals surface area (Å²) in [6.45, 7) is 1.74. The summed E-state index contributed by atoms with van der Waals surface area (Å²) in [6, 6.07) is 9.91.